The zero-order valence-corrected chi connectivity index (χ0v) is 15.1. The molecule has 27 heavy (non-hydrogen) atoms. The minimum atomic E-state index is -4.40. The maximum absolute atomic E-state index is 14.0. The van der Waals surface area contributed by atoms with Crippen molar-refractivity contribution >= 4 is 11.6 Å². The summed E-state index contributed by atoms with van der Waals surface area (Å²) in [6.45, 7) is 0.762. The number of para-hydroxylation sites is 1. The van der Waals surface area contributed by atoms with E-state index in [-0.39, 0.29) is 12.0 Å². The van der Waals surface area contributed by atoms with E-state index in [2.05, 4.69) is 5.32 Å². The van der Waals surface area contributed by atoms with Crippen LogP contribution in [0, 0.1) is 17.3 Å². The summed E-state index contributed by atoms with van der Waals surface area (Å²) in [4.78, 5) is 11.5. The number of nitrogens with two attached hydrogens (primary N) is 1. The SMILES string of the molecule is NC(=O)C1=CC=CC(C2CCC(CNc3ccccc3)CC2)(C(F)(F)F)C1. The van der Waals surface area contributed by atoms with E-state index in [9.17, 15) is 18.0 Å². The molecule has 1 atom stereocenters. The Labute approximate surface area is 157 Å². The molecule has 0 saturated heterocycles. The molecule has 0 radical (unpaired) electrons. The molecule has 0 heterocycles. The van der Waals surface area contributed by atoms with Gasteiger partial charge in [-0.2, -0.15) is 13.2 Å². The fraction of sp³-hybridized carbons (Fsp3) is 0.476. The molecule has 0 spiro atoms. The summed E-state index contributed by atoms with van der Waals surface area (Å²) in [5.41, 5.74) is 4.36. The lowest BCUT2D eigenvalue weighted by atomic mass is 9.62. The number of allylic oxidation sites excluding steroid dienone is 3. The molecule has 1 fully saturated rings. The summed E-state index contributed by atoms with van der Waals surface area (Å²) < 4.78 is 42.1. The first-order valence-electron chi connectivity index (χ1n) is 9.36. The lowest BCUT2D eigenvalue weighted by Crippen LogP contribution is -2.46. The van der Waals surface area contributed by atoms with Crippen LogP contribution in [0.15, 0.2) is 54.1 Å². The Bertz CT molecular complexity index is 719. The number of hydrogen-bond donors (Lipinski definition) is 2. The highest BCUT2D eigenvalue weighted by Gasteiger charge is 2.58. The van der Waals surface area contributed by atoms with E-state index in [0.717, 1.165) is 25.1 Å². The third-order valence-electron chi connectivity index (χ3n) is 5.96. The van der Waals surface area contributed by atoms with Gasteiger partial charge in [0.25, 0.3) is 0 Å². The summed E-state index contributed by atoms with van der Waals surface area (Å²) in [6, 6.07) is 9.81. The summed E-state index contributed by atoms with van der Waals surface area (Å²) >= 11 is 0. The number of primary amides is 1. The van der Waals surface area contributed by atoms with Crippen LogP contribution in [-0.2, 0) is 4.79 Å². The number of anilines is 1. The van der Waals surface area contributed by atoms with Gasteiger partial charge in [0.05, 0.1) is 5.41 Å². The van der Waals surface area contributed by atoms with Gasteiger partial charge in [0.1, 0.15) is 0 Å². The molecule has 1 unspecified atom stereocenters. The van der Waals surface area contributed by atoms with E-state index in [1.165, 1.54) is 18.2 Å². The molecule has 3 N–H and O–H groups in total. The van der Waals surface area contributed by atoms with Crippen LogP contribution in [0.5, 0.6) is 0 Å². The molecule has 2 aliphatic rings. The molecule has 1 saturated carbocycles. The summed E-state index contributed by atoms with van der Waals surface area (Å²) in [5.74, 6) is -0.941. The number of benzene rings is 1. The van der Waals surface area contributed by atoms with Gasteiger partial charge in [0.2, 0.25) is 5.91 Å². The second kappa shape index (κ2) is 7.79. The van der Waals surface area contributed by atoms with Crippen molar-refractivity contribution in [3.8, 4) is 0 Å². The highest BCUT2D eigenvalue weighted by molar-refractivity contribution is 5.92. The van der Waals surface area contributed by atoms with Crippen molar-refractivity contribution in [3.63, 3.8) is 0 Å². The van der Waals surface area contributed by atoms with Gasteiger partial charge in [0.15, 0.2) is 0 Å². The van der Waals surface area contributed by atoms with Crippen molar-refractivity contribution in [2.75, 3.05) is 11.9 Å². The summed E-state index contributed by atoms with van der Waals surface area (Å²) in [7, 11) is 0. The topological polar surface area (TPSA) is 55.1 Å². The molecule has 3 nitrogen and oxygen atoms in total. The number of nitrogens with one attached hydrogen (secondary N) is 1. The molecule has 6 heteroatoms. The lowest BCUT2D eigenvalue weighted by molar-refractivity contribution is -0.227. The third-order valence-corrected chi connectivity index (χ3v) is 5.96. The highest BCUT2D eigenvalue weighted by atomic mass is 19.4. The van der Waals surface area contributed by atoms with Crippen LogP contribution in [0.25, 0.3) is 0 Å². The second-order valence-electron chi connectivity index (χ2n) is 7.59. The molecular formula is C21H25F3N2O. The fourth-order valence-electron chi connectivity index (χ4n) is 4.34. The van der Waals surface area contributed by atoms with Gasteiger partial charge in [-0.1, -0.05) is 36.4 Å². The van der Waals surface area contributed by atoms with Crippen molar-refractivity contribution < 1.29 is 18.0 Å². The third kappa shape index (κ3) is 4.20. The number of amides is 1. The molecule has 0 bridgehead atoms. The van der Waals surface area contributed by atoms with Crippen LogP contribution in [0.2, 0.25) is 0 Å². The van der Waals surface area contributed by atoms with Gasteiger partial charge >= 0.3 is 6.18 Å². The number of alkyl halides is 3. The number of carbonyl (C=O) groups is 1. The predicted octanol–water partition coefficient (Wildman–Crippen LogP) is 4.83. The van der Waals surface area contributed by atoms with Gasteiger partial charge in [0, 0.05) is 17.8 Å². The Hall–Kier alpha value is -2.24. The van der Waals surface area contributed by atoms with Crippen molar-refractivity contribution in [1.29, 1.82) is 0 Å². The highest BCUT2D eigenvalue weighted by Crippen LogP contribution is 2.55. The number of hydrogen-bond acceptors (Lipinski definition) is 2. The van der Waals surface area contributed by atoms with Gasteiger partial charge in [-0.05, 0) is 56.1 Å². The molecule has 1 aromatic rings. The maximum atomic E-state index is 14.0. The second-order valence-corrected chi connectivity index (χ2v) is 7.59. The summed E-state index contributed by atoms with van der Waals surface area (Å²) in [5, 5.41) is 3.36. The van der Waals surface area contributed by atoms with Crippen LogP contribution in [0.1, 0.15) is 32.1 Å². The quantitative estimate of drug-likeness (QED) is 0.771. The van der Waals surface area contributed by atoms with Crippen molar-refractivity contribution in [1.82, 2.24) is 0 Å². The zero-order chi connectivity index (χ0) is 19.5. The Balaban J connectivity index is 1.64. The van der Waals surface area contributed by atoms with Crippen LogP contribution < -0.4 is 11.1 Å². The van der Waals surface area contributed by atoms with Crippen LogP contribution in [0.4, 0.5) is 18.9 Å². The number of halogens is 3. The van der Waals surface area contributed by atoms with Crippen molar-refractivity contribution in [2.24, 2.45) is 23.0 Å². The average Bonchev–Trinajstić information content (AvgIpc) is 2.67. The molecule has 0 aliphatic heterocycles. The van der Waals surface area contributed by atoms with E-state index in [0.29, 0.717) is 18.8 Å². The molecule has 0 aromatic heterocycles. The Morgan fingerprint density at radius 2 is 1.81 bits per heavy atom. The number of carbonyl (C=O) groups excluding carboxylic acids is 1. The van der Waals surface area contributed by atoms with Crippen LogP contribution >= 0.6 is 0 Å². The molecule has 1 amide bonds. The van der Waals surface area contributed by atoms with Crippen molar-refractivity contribution in [2.45, 2.75) is 38.3 Å². The first-order valence-corrected chi connectivity index (χ1v) is 9.36. The standard InChI is InChI=1S/C21H25F3N2O/c22-21(23,24)20(12-4-5-16(13-20)19(25)27)17-10-8-15(9-11-17)14-26-18-6-2-1-3-7-18/h1-7,12,15,17,26H,8-11,13-14H2,(H2,25,27). The predicted molar refractivity (Wildman–Crippen MR) is 99.9 cm³/mol. The van der Waals surface area contributed by atoms with Gasteiger partial charge in [-0.15, -0.1) is 0 Å². The average molecular weight is 378 g/mol. The normalized spacial score (nSPS) is 28.5. The largest absolute Gasteiger partial charge is 0.398 e. The fourth-order valence-corrected chi connectivity index (χ4v) is 4.34. The monoisotopic (exact) mass is 378 g/mol. The van der Waals surface area contributed by atoms with Crippen molar-refractivity contribution in [3.05, 3.63) is 54.1 Å². The van der Waals surface area contributed by atoms with Gasteiger partial charge in [-0.25, -0.2) is 0 Å². The minimum Gasteiger partial charge on any atom is -0.385 e. The summed E-state index contributed by atoms with van der Waals surface area (Å²) in [6.07, 6.45) is 1.72. The molecule has 3 rings (SSSR count). The smallest absolute Gasteiger partial charge is 0.385 e. The molecule has 146 valence electrons. The van der Waals surface area contributed by atoms with Gasteiger partial charge in [-0.3, -0.25) is 4.79 Å². The Morgan fingerprint density at radius 3 is 2.41 bits per heavy atom. The van der Waals surface area contributed by atoms with E-state index >= 15 is 0 Å². The maximum Gasteiger partial charge on any atom is 0.398 e. The molecular weight excluding hydrogens is 353 g/mol. The molecule has 2 aliphatic carbocycles. The van der Waals surface area contributed by atoms with Crippen LogP contribution in [-0.4, -0.2) is 18.6 Å². The number of rotatable bonds is 5. The Morgan fingerprint density at radius 1 is 1.15 bits per heavy atom. The van der Waals surface area contributed by atoms with Crippen LogP contribution in [0.3, 0.4) is 0 Å². The minimum absolute atomic E-state index is 0.0580. The van der Waals surface area contributed by atoms with E-state index < -0.39 is 23.4 Å². The lowest BCUT2D eigenvalue weighted by Gasteiger charge is -2.44. The van der Waals surface area contributed by atoms with E-state index in [1.807, 2.05) is 30.3 Å². The van der Waals surface area contributed by atoms with E-state index in [4.69, 9.17) is 5.73 Å². The Kier molecular flexibility index (Phi) is 5.63. The van der Waals surface area contributed by atoms with Gasteiger partial charge < -0.3 is 11.1 Å². The van der Waals surface area contributed by atoms with E-state index in [1.54, 1.807) is 0 Å². The first-order chi connectivity index (χ1) is 12.8. The first kappa shape index (κ1) is 19.5. The zero-order valence-electron chi connectivity index (χ0n) is 15.1. The molecule has 1 aromatic carbocycles.